The van der Waals surface area contributed by atoms with Gasteiger partial charge in [0, 0.05) is 6.04 Å². The minimum Gasteiger partial charge on any atom is -0.303 e. The van der Waals surface area contributed by atoms with Gasteiger partial charge in [0.05, 0.1) is 6.54 Å². The zero-order valence-electron chi connectivity index (χ0n) is 8.83. The van der Waals surface area contributed by atoms with Crippen molar-refractivity contribution in [3.05, 3.63) is 12.2 Å². The van der Waals surface area contributed by atoms with E-state index in [1.807, 2.05) is 0 Å². The average molecular weight is 194 g/mol. The highest BCUT2D eigenvalue weighted by atomic mass is 16.1. The lowest BCUT2D eigenvalue weighted by Gasteiger charge is -2.32. The number of nitrogens with zero attached hydrogens (tertiary/aromatic N) is 2. The van der Waals surface area contributed by atoms with Crippen molar-refractivity contribution in [2.75, 3.05) is 20.1 Å². The van der Waals surface area contributed by atoms with Crippen LogP contribution in [0.3, 0.4) is 0 Å². The fraction of sp³-hybridized carbons (Fsp3) is 0.727. The van der Waals surface area contributed by atoms with Crippen LogP contribution in [0.25, 0.3) is 0 Å². The van der Waals surface area contributed by atoms with E-state index in [1.165, 1.54) is 25.8 Å². The molecule has 0 aromatic heterocycles. The molecule has 0 aromatic rings. The maximum absolute atomic E-state index is 9.92. The molecule has 1 rings (SSSR count). The molecule has 1 aliphatic rings. The normalized spacial score (nSPS) is 22.8. The lowest BCUT2D eigenvalue weighted by molar-refractivity contribution is 0.184. The molecule has 1 heterocycles. The van der Waals surface area contributed by atoms with Crippen LogP contribution >= 0.6 is 0 Å². The Balaban J connectivity index is 2.34. The molecule has 3 nitrogen and oxygen atoms in total. The summed E-state index contributed by atoms with van der Waals surface area (Å²) in [6.07, 6.45) is 6.35. The smallest absolute Gasteiger partial charge is 0.235 e. The van der Waals surface area contributed by atoms with Crippen molar-refractivity contribution in [2.45, 2.75) is 31.7 Å². The summed E-state index contributed by atoms with van der Waals surface area (Å²) in [7, 11) is 2.15. The van der Waals surface area contributed by atoms with Crippen molar-refractivity contribution in [3.8, 4) is 0 Å². The molecule has 1 saturated heterocycles. The SMILES string of the molecule is C=C(CN=C=O)CC1CCCCN1C. The van der Waals surface area contributed by atoms with Crippen LogP contribution in [-0.4, -0.2) is 37.2 Å². The molecule has 0 saturated carbocycles. The Labute approximate surface area is 85.5 Å². The Hall–Kier alpha value is -0.920. The van der Waals surface area contributed by atoms with Gasteiger partial charge in [-0.05, 0) is 32.9 Å². The summed E-state index contributed by atoms with van der Waals surface area (Å²) < 4.78 is 0. The summed E-state index contributed by atoms with van der Waals surface area (Å²) in [5, 5.41) is 0. The van der Waals surface area contributed by atoms with Crippen LogP contribution in [0, 0.1) is 0 Å². The summed E-state index contributed by atoms with van der Waals surface area (Å²) in [6.45, 7) is 5.54. The molecule has 1 unspecified atom stereocenters. The number of rotatable bonds is 4. The Morgan fingerprint density at radius 2 is 2.43 bits per heavy atom. The Morgan fingerprint density at radius 3 is 3.07 bits per heavy atom. The van der Waals surface area contributed by atoms with Gasteiger partial charge in [0.1, 0.15) is 0 Å². The second-order valence-electron chi connectivity index (χ2n) is 3.99. The molecule has 1 atom stereocenters. The fourth-order valence-corrected chi connectivity index (χ4v) is 1.94. The van der Waals surface area contributed by atoms with Crippen LogP contribution in [0.1, 0.15) is 25.7 Å². The van der Waals surface area contributed by atoms with Gasteiger partial charge in [-0.25, -0.2) is 9.79 Å². The monoisotopic (exact) mass is 194 g/mol. The third kappa shape index (κ3) is 3.44. The minimum atomic E-state index is 0.438. The molecule has 0 aromatic carbocycles. The molecule has 1 fully saturated rings. The Kier molecular flexibility index (Phi) is 4.57. The third-order valence-corrected chi connectivity index (χ3v) is 2.81. The van der Waals surface area contributed by atoms with Gasteiger partial charge in [-0.3, -0.25) is 0 Å². The van der Waals surface area contributed by atoms with Gasteiger partial charge in [0.25, 0.3) is 0 Å². The first-order valence-corrected chi connectivity index (χ1v) is 5.14. The van der Waals surface area contributed by atoms with Gasteiger partial charge in [-0.1, -0.05) is 18.6 Å². The topological polar surface area (TPSA) is 32.7 Å². The standard InChI is InChI=1S/C11H18N2O/c1-10(8-12-9-14)7-11-5-3-4-6-13(11)2/h11H,1,3-8H2,2H3. The van der Waals surface area contributed by atoms with E-state index in [2.05, 4.69) is 23.5 Å². The predicted octanol–water partition coefficient (Wildman–Crippen LogP) is 1.75. The first kappa shape index (κ1) is 11.2. The first-order valence-electron chi connectivity index (χ1n) is 5.14. The molecule has 0 N–H and O–H groups in total. The van der Waals surface area contributed by atoms with Crippen LogP contribution < -0.4 is 0 Å². The van der Waals surface area contributed by atoms with E-state index in [0.717, 1.165) is 12.0 Å². The fourth-order valence-electron chi connectivity index (χ4n) is 1.94. The second-order valence-corrected chi connectivity index (χ2v) is 3.99. The first-order chi connectivity index (χ1) is 6.74. The summed E-state index contributed by atoms with van der Waals surface area (Å²) in [4.78, 5) is 15.8. The highest BCUT2D eigenvalue weighted by molar-refractivity contribution is 5.33. The molecular formula is C11H18N2O. The number of carbonyl (C=O) groups excluding carboxylic acids is 1. The zero-order chi connectivity index (χ0) is 10.4. The van der Waals surface area contributed by atoms with E-state index >= 15 is 0 Å². The third-order valence-electron chi connectivity index (χ3n) is 2.81. The van der Waals surface area contributed by atoms with Crippen LogP contribution in [0.15, 0.2) is 17.1 Å². The molecule has 0 amide bonds. The number of hydrogen-bond donors (Lipinski definition) is 0. The molecule has 0 aliphatic carbocycles. The van der Waals surface area contributed by atoms with Crippen LogP contribution in [0.2, 0.25) is 0 Å². The second kappa shape index (κ2) is 5.74. The highest BCUT2D eigenvalue weighted by Crippen LogP contribution is 2.20. The molecule has 0 radical (unpaired) electrons. The lowest BCUT2D eigenvalue weighted by atomic mass is 9.97. The largest absolute Gasteiger partial charge is 0.303 e. The van der Waals surface area contributed by atoms with Gasteiger partial charge in [-0.15, -0.1) is 0 Å². The summed E-state index contributed by atoms with van der Waals surface area (Å²) in [5.74, 6) is 0. The molecule has 14 heavy (non-hydrogen) atoms. The van der Waals surface area contributed by atoms with Gasteiger partial charge in [0.15, 0.2) is 0 Å². The summed E-state index contributed by atoms with van der Waals surface area (Å²) in [6, 6.07) is 0.595. The van der Waals surface area contributed by atoms with Gasteiger partial charge in [0.2, 0.25) is 6.08 Å². The molecule has 0 spiro atoms. The number of piperidine rings is 1. The quantitative estimate of drug-likeness (QED) is 0.388. The molecule has 3 heteroatoms. The average Bonchev–Trinajstić information content (AvgIpc) is 2.18. The van der Waals surface area contributed by atoms with Crippen molar-refractivity contribution in [1.82, 2.24) is 4.90 Å². The highest BCUT2D eigenvalue weighted by Gasteiger charge is 2.18. The van der Waals surface area contributed by atoms with Crippen molar-refractivity contribution >= 4 is 6.08 Å². The number of hydrogen-bond acceptors (Lipinski definition) is 3. The van der Waals surface area contributed by atoms with E-state index in [1.54, 1.807) is 6.08 Å². The van der Waals surface area contributed by atoms with E-state index in [-0.39, 0.29) is 0 Å². The van der Waals surface area contributed by atoms with E-state index in [9.17, 15) is 4.79 Å². The lowest BCUT2D eigenvalue weighted by Crippen LogP contribution is -2.36. The number of isocyanates is 1. The maximum Gasteiger partial charge on any atom is 0.235 e. The summed E-state index contributed by atoms with van der Waals surface area (Å²) >= 11 is 0. The van der Waals surface area contributed by atoms with Gasteiger partial charge >= 0.3 is 0 Å². The van der Waals surface area contributed by atoms with Crippen LogP contribution in [-0.2, 0) is 4.79 Å². The minimum absolute atomic E-state index is 0.438. The number of likely N-dealkylation sites (tertiary alicyclic amines) is 1. The number of aliphatic imine (C=N–C) groups is 1. The van der Waals surface area contributed by atoms with Gasteiger partial charge < -0.3 is 4.90 Å². The van der Waals surface area contributed by atoms with E-state index in [0.29, 0.717) is 12.6 Å². The Morgan fingerprint density at radius 1 is 1.64 bits per heavy atom. The van der Waals surface area contributed by atoms with Crippen molar-refractivity contribution in [1.29, 1.82) is 0 Å². The molecule has 1 aliphatic heterocycles. The molecule has 0 bridgehead atoms. The van der Waals surface area contributed by atoms with Crippen molar-refractivity contribution < 1.29 is 4.79 Å². The Bertz CT molecular complexity index is 244. The van der Waals surface area contributed by atoms with Gasteiger partial charge in [-0.2, -0.15) is 0 Å². The van der Waals surface area contributed by atoms with E-state index in [4.69, 9.17) is 0 Å². The summed E-state index contributed by atoms with van der Waals surface area (Å²) in [5.41, 5.74) is 1.03. The zero-order valence-corrected chi connectivity index (χ0v) is 8.83. The van der Waals surface area contributed by atoms with Crippen molar-refractivity contribution in [2.24, 2.45) is 4.99 Å². The molecular weight excluding hydrogens is 176 g/mol. The van der Waals surface area contributed by atoms with Crippen molar-refractivity contribution in [3.63, 3.8) is 0 Å². The van der Waals surface area contributed by atoms with Crippen LogP contribution in [0.5, 0.6) is 0 Å². The molecule has 78 valence electrons. The van der Waals surface area contributed by atoms with E-state index < -0.39 is 0 Å². The predicted molar refractivity (Wildman–Crippen MR) is 57.0 cm³/mol. The maximum atomic E-state index is 9.92. The van der Waals surface area contributed by atoms with Crippen LogP contribution in [0.4, 0.5) is 0 Å².